The van der Waals surface area contributed by atoms with E-state index in [4.69, 9.17) is 10.5 Å². The lowest BCUT2D eigenvalue weighted by Gasteiger charge is -2.25. The number of alkyl halides is 4. The molecule has 0 bridgehead atoms. The van der Waals surface area contributed by atoms with Crippen LogP contribution in [0.4, 0.5) is 22.4 Å². The molecule has 0 radical (unpaired) electrons. The highest BCUT2D eigenvalue weighted by atomic mass is 19.3. The van der Waals surface area contributed by atoms with Crippen LogP contribution >= 0.6 is 0 Å². The Morgan fingerprint density at radius 1 is 1.48 bits per heavy atom. The fourth-order valence-corrected chi connectivity index (χ4v) is 2.69. The van der Waals surface area contributed by atoms with Crippen molar-refractivity contribution >= 4 is 11.9 Å². The molecule has 9 nitrogen and oxygen atoms in total. The van der Waals surface area contributed by atoms with Gasteiger partial charge in [0.05, 0.1) is 17.7 Å². The van der Waals surface area contributed by atoms with E-state index in [1.165, 1.54) is 0 Å². The molecule has 29 heavy (non-hydrogen) atoms. The third-order valence-electron chi connectivity index (χ3n) is 3.70. The Morgan fingerprint density at radius 2 is 2.10 bits per heavy atom. The van der Waals surface area contributed by atoms with E-state index in [-0.39, 0.29) is 13.0 Å². The summed E-state index contributed by atoms with van der Waals surface area (Å²) in [4.78, 5) is 26.3. The summed E-state index contributed by atoms with van der Waals surface area (Å²) in [6.45, 7) is 2.51. The summed E-state index contributed by atoms with van der Waals surface area (Å²) in [5.41, 5.74) is 3.50. The first-order valence-electron chi connectivity index (χ1n) is 8.75. The van der Waals surface area contributed by atoms with Gasteiger partial charge in [-0.3, -0.25) is 15.1 Å². The first-order valence-corrected chi connectivity index (χ1v) is 8.75. The molecule has 0 aromatic carbocycles. The second-order valence-electron chi connectivity index (χ2n) is 7.48. The van der Waals surface area contributed by atoms with E-state index in [0.717, 1.165) is 4.90 Å². The molecule has 3 N–H and O–H groups in total. The highest BCUT2D eigenvalue weighted by molar-refractivity contribution is 5.96. The van der Waals surface area contributed by atoms with Crippen molar-refractivity contribution in [2.45, 2.75) is 57.6 Å². The molecule has 0 aliphatic carbocycles. The smallest absolute Gasteiger partial charge is 0.407 e. The van der Waals surface area contributed by atoms with Crippen molar-refractivity contribution in [1.82, 2.24) is 10.2 Å². The van der Waals surface area contributed by atoms with Gasteiger partial charge >= 0.3 is 11.8 Å². The second-order valence-corrected chi connectivity index (χ2v) is 7.48. The van der Waals surface area contributed by atoms with Crippen LogP contribution in [0.5, 0.6) is 0 Å². The zero-order valence-electron chi connectivity index (χ0n) is 16.3. The maximum absolute atomic E-state index is 14.4. The van der Waals surface area contributed by atoms with E-state index in [0.29, 0.717) is 6.20 Å². The number of halogens is 4. The molecule has 0 saturated carbocycles. The zero-order chi connectivity index (χ0) is 22.4. The number of hydrogen-bond donors (Lipinski definition) is 2. The number of nitro groups is 1. The van der Waals surface area contributed by atoms with Crippen LogP contribution in [0, 0.1) is 10.1 Å². The standard InChI is InChI=1S/C16H25F4N5O4/c1-15(2,3)29-14(26)23-10-4-5-24(9-16(19,20)6-10)13(22-8-12(17)18)11(7-21)25(27)28/h7,10,12H,4-6,8-9,21H2,1-3H3,(H,23,26)/b11-7+,22-13?. The third kappa shape index (κ3) is 8.52. The number of aliphatic imine (C=N–C) groups is 1. The number of hydrogen-bond acceptors (Lipinski definition) is 6. The maximum Gasteiger partial charge on any atom is 0.407 e. The fourth-order valence-electron chi connectivity index (χ4n) is 2.69. The molecule has 1 rings (SSSR count). The summed E-state index contributed by atoms with van der Waals surface area (Å²) in [7, 11) is 0. The van der Waals surface area contributed by atoms with Gasteiger partial charge in [-0.2, -0.15) is 0 Å². The molecule has 1 saturated heterocycles. The molecule has 1 heterocycles. The normalized spacial score (nSPS) is 21.0. The average molecular weight is 427 g/mol. The number of amides is 1. The molecule has 0 aromatic rings. The van der Waals surface area contributed by atoms with Crippen LogP contribution in [0.2, 0.25) is 0 Å². The Labute approximate surface area is 165 Å². The van der Waals surface area contributed by atoms with Gasteiger partial charge in [0, 0.05) is 19.0 Å². The molecule has 1 amide bonds. The number of nitrogens with zero attached hydrogens (tertiary/aromatic N) is 3. The predicted molar refractivity (Wildman–Crippen MR) is 96.5 cm³/mol. The SMILES string of the molecule is CC(C)(C)OC(=O)NC1CCN(C(=NCC(F)F)/C(=C\N)[N+](=O)[O-])CC(F)(F)C1. The van der Waals surface area contributed by atoms with Gasteiger partial charge in [-0.1, -0.05) is 0 Å². The molecule has 1 aliphatic heterocycles. The van der Waals surface area contributed by atoms with Gasteiger partial charge in [0.15, 0.2) is 0 Å². The monoisotopic (exact) mass is 427 g/mol. The number of alkyl carbamates (subject to hydrolysis) is 1. The van der Waals surface area contributed by atoms with E-state index in [1.54, 1.807) is 20.8 Å². The van der Waals surface area contributed by atoms with Gasteiger partial charge in [0.25, 0.3) is 12.3 Å². The Bertz CT molecular complexity index is 664. The van der Waals surface area contributed by atoms with E-state index in [2.05, 4.69) is 10.3 Å². The molecule has 1 unspecified atom stereocenters. The molecule has 1 fully saturated rings. The number of ether oxygens (including phenoxy) is 1. The van der Waals surface area contributed by atoms with E-state index in [9.17, 15) is 32.5 Å². The minimum absolute atomic E-state index is 0.0436. The fraction of sp³-hybridized carbons (Fsp3) is 0.750. The van der Waals surface area contributed by atoms with Gasteiger partial charge in [0.2, 0.25) is 5.84 Å². The summed E-state index contributed by atoms with van der Waals surface area (Å²) in [6.07, 6.45) is -4.09. The number of amidine groups is 1. The van der Waals surface area contributed by atoms with Crippen molar-refractivity contribution < 1.29 is 32.0 Å². The van der Waals surface area contributed by atoms with Gasteiger partial charge in [-0.15, -0.1) is 0 Å². The second kappa shape index (κ2) is 9.74. The Hall–Kier alpha value is -2.60. The summed E-state index contributed by atoms with van der Waals surface area (Å²) in [5.74, 6) is -4.05. The number of carbonyl (C=O) groups is 1. The number of nitrogens with two attached hydrogens (primary N) is 1. The number of likely N-dealkylation sites (tertiary alicyclic amines) is 1. The Morgan fingerprint density at radius 3 is 2.59 bits per heavy atom. The summed E-state index contributed by atoms with van der Waals surface area (Å²) in [6, 6.07) is -0.998. The van der Waals surface area contributed by atoms with Crippen molar-refractivity contribution in [3.8, 4) is 0 Å². The molecule has 166 valence electrons. The van der Waals surface area contributed by atoms with Crippen molar-refractivity contribution in [2.24, 2.45) is 10.7 Å². The number of rotatable bonds is 5. The lowest BCUT2D eigenvalue weighted by Crippen LogP contribution is -2.42. The van der Waals surface area contributed by atoms with Crippen LogP contribution in [-0.4, -0.2) is 65.4 Å². The Balaban J connectivity index is 3.06. The van der Waals surface area contributed by atoms with Crippen molar-refractivity contribution in [3.05, 3.63) is 22.0 Å². The molecule has 1 atom stereocenters. The first kappa shape index (κ1) is 24.4. The molecular weight excluding hydrogens is 402 g/mol. The largest absolute Gasteiger partial charge is 0.444 e. The number of carbonyl (C=O) groups excluding carboxylic acids is 1. The first-order chi connectivity index (χ1) is 13.2. The molecular formula is C16H25F4N5O4. The molecule has 13 heteroatoms. The molecule has 0 aromatic heterocycles. The van der Waals surface area contributed by atoms with Crippen LogP contribution in [0.3, 0.4) is 0 Å². The lowest BCUT2D eigenvalue weighted by atomic mass is 10.1. The van der Waals surface area contributed by atoms with Crippen LogP contribution in [-0.2, 0) is 4.74 Å². The highest BCUT2D eigenvalue weighted by Crippen LogP contribution is 2.28. The highest BCUT2D eigenvalue weighted by Gasteiger charge is 2.41. The quantitative estimate of drug-likeness (QED) is 0.228. The minimum atomic E-state index is -3.39. The van der Waals surface area contributed by atoms with Crippen LogP contribution < -0.4 is 11.1 Å². The summed E-state index contributed by atoms with van der Waals surface area (Å²) < 4.78 is 59.0. The molecule has 0 spiro atoms. The van der Waals surface area contributed by atoms with Crippen LogP contribution in [0.15, 0.2) is 16.9 Å². The average Bonchev–Trinajstić information content (AvgIpc) is 2.66. The Kier molecular flexibility index (Phi) is 8.21. The summed E-state index contributed by atoms with van der Waals surface area (Å²) in [5, 5.41) is 13.5. The van der Waals surface area contributed by atoms with E-state index < -0.39 is 66.1 Å². The predicted octanol–water partition coefficient (Wildman–Crippen LogP) is 2.35. The summed E-state index contributed by atoms with van der Waals surface area (Å²) >= 11 is 0. The third-order valence-corrected chi connectivity index (χ3v) is 3.70. The molecule has 1 aliphatic rings. The van der Waals surface area contributed by atoms with Gasteiger partial charge < -0.3 is 20.7 Å². The zero-order valence-corrected chi connectivity index (χ0v) is 16.3. The van der Waals surface area contributed by atoms with Crippen molar-refractivity contribution in [2.75, 3.05) is 19.6 Å². The van der Waals surface area contributed by atoms with Gasteiger partial charge in [0.1, 0.15) is 12.1 Å². The minimum Gasteiger partial charge on any atom is -0.444 e. The van der Waals surface area contributed by atoms with Crippen molar-refractivity contribution in [3.63, 3.8) is 0 Å². The van der Waals surface area contributed by atoms with Gasteiger partial charge in [-0.05, 0) is 27.2 Å². The topological polar surface area (TPSA) is 123 Å². The van der Waals surface area contributed by atoms with Crippen LogP contribution in [0.1, 0.15) is 33.6 Å². The van der Waals surface area contributed by atoms with Gasteiger partial charge in [-0.25, -0.2) is 22.4 Å². The van der Waals surface area contributed by atoms with Crippen molar-refractivity contribution in [1.29, 1.82) is 0 Å². The van der Waals surface area contributed by atoms with E-state index >= 15 is 0 Å². The lowest BCUT2D eigenvalue weighted by molar-refractivity contribution is -0.416. The van der Waals surface area contributed by atoms with E-state index in [1.807, 2.05) is 0 Å². The maximum atomic E-state index is 14.4. The number of nitrogens with one attached hydrogen (secondary N) is 1. The van der Waals surface area contributed by atoms with Crippen LogP contribution in [0.25, 0.3) is 0 Å².